The number of hydrogen-bond donors (Lipinski definition) is 1. The van der Waals surface area contributed by atoms with E-state index < -0.39 is 0 Å². The average Bonchev–Trinajstić information content (AvgIpc) is 2.17. The standard InChI is InChI=1S/C10H12BrNOS/c1-14-10-6-7(12)2-3-8(10)9(13)4-5-11/h2-3,6H,4-5,12H2,1H3. The van der Waals surface area contributed by atoms with Gasteiger partial charge in [-0.25, -0.2) is 0 Å². The van der Waals surface area contributed by atoms with Crippen molar-refractivity contribution in [1.82, 2.24) is 0 Å². The fourth-order valence-electron chi connectivity index (χ4n) is 1.16. The van der Waals surface area contributed by atoms with E-state index in [4.69, 9.17) is 5.73 Å². The molecule has 0 amide bonds. The van der Waals surface area contributed by atoms with Crippen molar-refractivity contribution in [3.63, 3.8) is 0 Å². The first-order chi connectivity index (χ1) is 6.69. The maximum Gasteiger partial charge on any atom is 0.164 e. The van der Waals surface area contributed by atoms with Crippen LogP contribution in [-0.4, -0.2) is 17.4 Å². The molecule has 0 heterocycles. The fourth-order valence-corrected chi connectivity index (χ4v) is 2.17. The van der Waals surface area contributed by atoms with Gasteiger partial charge < -0.3 is 5.73 Å². The number of carbonyl (C=O) groups is 1. The fraction of sp³-hybridized carbons (Fsp3) is 0.300. The van der Waals surface area contributed by atoms with Crippen molar-refractivity contribution >= 4 is 39.2 Å². The predicted molar refractivity (Wildman–Crippen MR) is 65.4 cm³/mol. The highest BCUT2D eigenvalue weighted by Gasteiger charge is 2.09. The zero-order valence-electron chi connectivity index (χ0n) is 7.92. The molecule has 0 aromatic heterocycles. The lowest BCUT2D eigenvalue weighted by molar-refractivity contribution is 0.0987. The van der Waals surface area contributed by atoms with Crippen LogP contribution in [0.25, 0.3) is 0 Å². The topological polar surface area (TPSA) is 43.1 Å². The second-order valence-electron chi connectivity index (χ2n) is 2.82. The first-order valence-electron chi connectivity index (χ1n) is 4.21. The Kier molecular flexibility index (Phi) is 4.48. The summed E-state index contributed by atoms with van der Waals surface area (Å²) in [5, 5.41) is 0.698. The lowest BCUT2D eigenvalue weighted by Gasteiger charge is -2.06. The van der Waals surface area contributed by atoms with Crippen LogP contribution in [0.15, 0.2) is 23.1 Å². The minimum absolute atomic E-state index is 0.159. The number of nitrogen functional groups attached to an aromatic ring is 1. The van der Waals surface area contributed by atoms with Gasteiger partial charge in [0.2, 0.25) is 0 Å². The molecule has 0 saturated heterocycles. The quantitative estimate of drug-likeness (QED) is 0.397. The molecule has 4 heteroatoms. The average molecular weight is 274 g/mol. The molecule has 0 aliphatic carbocycles. The zero-order valence-corrected chi connectivity index (χ0v) is 10.3. The summed E-state index contributed by atoms with van der Waals surface area (Å²) in [6, 6.07) is 5.40. The number of ketones is 1. The SMILES string of the molecule is CSc1cc(N)ccc1C(=O)CCBr. The molecular weight excluding hydrogens is 262 g/mol. The number of hydrogen-bond acceptors (Lipinski definition) is 3. The number of thioether (sulfide) groups is 1. The minimum atomic E-state index is 0.159. The van der Waals surface area contributed by atoms with E-state index in [1.807, 2.05) is 12.3 Å². The summed E-state index contributed by atoms with van der Waals surface area (Å²) in [6.45, 7) is 0. The molecule has 0 aliphatic heterocycles. The Bertz CT molecular complexity index is 341. The summed E-state index contributed by atoms with van der Waals surface area (Å²) in [5.41, 5.74) is 7.11. The zero-order chi connectivity index (χ0) is 10.6. The molecule has 0 spiro atoms. The summed E-state index contributed by atoms with van der Waals surface area (Å²) in [5.74, 6) is 0.159. The predicted octanol–water partition coefficient (Wildman–Crippen LogP) is 2.96. The van der Waals surface area contributed by atoms with Gasteiger partial charge in [0.15, 0.2) is 5.78 Å². The van der Waals surface area contributed by atoms with Crippen LogP contribution in [-0.2, 0) is 0 Å². The van der Waals surface area contributed by atoms with Gasteiger partial charge in [-0.1, -0.05) is 15.9 Å². The molecule has 0 aliphatic rings. The molecule has 0 fully saturated rings. The Morgan fingerprint density at radius 1 is 1.57 bits per heavy atom. The molecule has 0 saturated carbocycles. The largest absolute Gasteiger partial charge is 0.399 e. The van der Waals surface area contributed by atoms with Gasteiger partial charge in [0, 0.05) is 27.9 Å². The lowest BCUT2D eigenvalue weighted by Crippen LogP contribution is -2.02. The van der Waals surface area contributed by atoms with E-state index in [0.29, 0.717) is 17.4 Å². The smallest absolute Gasteiger partial charge is 0.164 e. The number of anilines is 1. The highest BCUT2D eigenvalue weighted by atomic mass is 79.9. The van der Waals surface area contributed by atoms with Gasteiger partial charge in [0.05, 0.1) is 0 Å². The van der Waals surface area contributed by atoms with Crippen LogP contribution in [0.3, 0.4) is 0 Å². The van der Waals surface area contributed by atoms with Crippen LogP contribution in [0.4, 0.5) is 5.69 Å². The number of rotatable bonds is 4. The van der Waals surface area contributed by atoms with Crippen molar-refractivity contribution in [2.45, 2.75) is 11.3 Å². The van der Waals surface area contributed by atoms with Crippen LogP contribution in [0.2, 0.25) is 0 Å². The maximum absolute atomic E-state index is 11.7. The molecule has 1 aromatic carbocycles. The minimum Gasteiger partial charge on any atom is -0.399 e. The van der Waals surface area contributed by atoms with Crippen molar-refractivity contribution in [2.24, 2.45) is 0 Å². The third-order valence-electron chi connectivity index (χ3n) is 1.85. The molecule has 0 unspecified atom stereocenters. The van der Waals surface area contributed by atoms with Gasteiger partial charge in [-0.05, 0) is 24.5 Å². The van der Waals surface area contributed by atoms with Crippen LogP contribution >= 0.6 is 27.7 Å². The molecule has 2 nitrogen and oxygen atoms in total. The highest BCUT2D eigenvalue weighted by molar-refractivity contribution is 9.09. The van der Waals surface area contributed by atoms with Gasteiger partial charge >= 0.3 is 0 Å². The van der Waals surface area contributed by atoms with Crippen molar-refractivity contribution in [3.05, 3.63) is 23.8 Å². The van der Waals surface area contributed by atoms with Gasteiger partial charge in [0.1, 0.15) is 0 Å². The van der Waals surface area contributed by atoms with E-state index in [2.05, 4.69) is 15.9 Å². The highest BCUT2D eigenvalue weighted by Crippen LogP contribution is 2.24. The molecular formula is C10H12BrNOS. The Hall–Kier alpha value is -0.480. The summed E-state index contributed by atoms with van der Waals surface area (Å²) >= 11 is 4.80. The molecule has 0 atom stereocenters. The summed E-state index contributed by atoms with van der Waals surface area (Å²) in [6.07, 6.45) is 2.47. The third-order valence-corrected chi connectivity index (χ3v) is 3.02. The number of benzene rings is 1. The van der Waals surface area contributed by atoms with Crippen LogP contribution < -0.4 is 5.73 Å². The number of alkyl halides is 1. The number of Topliss-reactive ketones (excluding diaryl/α,β-unsaturated/α-hetero) is 1. The van der Waals surface area contributed by atoms with Crippen molar-refractivity contribution < 1.29 is 4.79 Å². The van der Waals surface area contributed by atoms with Crippen LogP contribution in [0.1, 0.15) is 16.8 Å². The first-order valence-corrected chi connectivity index (χ1v) is 6.56. The molecule has 0 radical (unpaired) electrons. The van der Waals surface area contributed by atoms with Crippen LogP contribution in [0.5, 0.6) is 0 Å². The normalized spacial score (nSPS) is 10.1. The second-order valence-corrected chi connectivity index (χ2v) is 4.46. The number of carbonyl (C=O) groups excluding carboxylic acids is 1. The third kappa shape index (κ3) is 2.75. The van der Waals surface area contributed by atoms with Crippen molar-refractivity contribution in [2.75, 3.05) is 17.3 Å². The number of nitrogens with two attached hydrogens (primary N) is 1. The van der Waals surface area contributed by atoms with Crippen LogP contribution in [0, 0.1) is 0 Å². The summed E-state index contributed by atoms with van der Waals surface area (Å²) < 4.78 is 0. The van der Waals surface area contributed by atoms with E-state index >= 15 is 0 Å². The van der Waals surface area contributed by atoms with E-state index in [1.54, 1.807) is 23.9 Å². The Morgan fingerprint density at radius 2 is 2.29 bits per heavy atom. The molecule has 2 N–H and O–H groups in total. The lowest BCUT2D eigenvalue weighted by atomic mass is 10.1. The molecule has 1 rings (SSSR count). The van der Waals surface area contributed by atoms with Gasteiger partial charge in [0.25, 0.3) is 0 Å². The van der Waals surface area contributed by atoms with Crippen molar-refractivity contribution in [3.8, 4) is 0 Å². The van der Waals surface area contributed by atoms with E-state index in [-0.39, 0.29) is 5.78 Å². The van der Waals surface area contributed by atoms with Crippen molar-refractivity contribution in [1.29, 1.82) is 0 Å². The molecule has 76 valence electrons. The van der Waals surface area contributed by atoms with Gasteiger partial charge in [-0.3, -0.25) is 4.79 Å². The summed E-state index contributed by atoms with van der Waals surface area (Å²) in [4.78, 5) is 12.6. The van der Waals surface area contributed by atoms with Gasteiger partial charge in [-0.15, -0.1) is 11.8 Å². The Balaban J connectivity index is 3.01. The molecule has 1 aromatic rings. The molecule has 0 bridgehead atoms. The van der Waals surface area contributed by atoms with Gasteiger partial charge in [-0.2, -0.15) is 0 Å². The van der Waals surface area contributed by atoms with E-state index in [1.165, 1.54) is 0 Å². The first kappa shape index (κ1) is 11.6. The number of halogens is 1. The monoisotopic (exact) mass is 273 g/mol. The second kappa shape index (κ2) is 5.41. The summed E-state index contributed by atoms with van der Waals surface area (Å²) in [7, 11) is 0. The Morgan fingerprint density at radius 3 is 2.86 bits per heavy atom. The molecule has 14 heavy (non-hydrogen) atoms. The van der Waals surface area contributed by atoms with E-state index in [9.17, 15) is 4.79 Å². The Labute approximate surface area is 96.4 Å². The van der Waals surface area contributed by atoms with E-state index in [0.717, 1.165) is 10.5 Å². The maximum atomic E-state index is 11.7.